The highest BCUT2D eigenvalue weighted by atomic mass is 32.2. The SMILES string of the molecule is N#CC1CCCN1C(=O)CN1CCC(NS(=O)(=O)c2cc3ccccc3o2)C1. The molecule has 2 saturated heterocycles. The van der Waals surface area contributed by atoms with Gasteiger partial charge in [-0.25, -0.2) is 13.1 Å². The molecule has 4 rings (SSSR count). The maximum atomic E-state index is 12.6. The number of carbonyl (C=O) groups is 1. The molecule has 2 aromatic rings. The number of benzene rings is 1. The van der Waals surface area contributed by atoms with E-state index in [0.29, 0.717) is 31.6 Å². The molecule has 8 nitrogen and oxygen atoms in total. The molecule has 1 aromatic heterocycles. The van der Waals surface area contributed by atoms with Crippen LogP contribution in [0.5, 0.6) is 0 Å². The lowest BCUT2D eigenvalue weighted by atomic mass is 10.2. The third-order valence-electron chi connectivity index (χ3n) is 5.34. The molecule has 1 aromatic carbocycles. The van der Waals surface area contributed by atoms with Crippen molar-refractivity contribution in [3.63, 3.8) is 0 Å². The van der Waals surface area contributed by atoms with Gasteiger partial charge in [0.15, 0.2) is 0 Å². The average molecular weight is 402 g/mol. The number of rotatable bonds is 5. The molecular weight excluding hydrogens is 380 g/mol. The highest BCUT2D eigenvalue weighted by Gasteiger charge is 2.33. The maximum absolute atomic E-state index is 12.6. The fourth-order valence-corrected chi connectivity index (χ4v) is 5.15. The fraction of sp³-hybridized carbons (Fsp3) is 0.474. The predicted octanol–water partition coefficient (Wildman–Crippen LogP) is 1.30. The first-order valence-electron chi connectivity index (χ1n) is 9.38. The van der Waals surface area contributed by atoms with E-state index in [2.05, 4.69) is 10.8 Å². The Morgan fingerprint density at radius 1 is 1.29 bits per heavy atom. The molecule has 3 heterocycles. The minimum atomic E-state index is -3.77. The van der Waals surface area contributed by atoms with Crippen molar-refractivity contribution >= 4 is 26.9 Å². The number of carbonyl (C=O) groups excluding carboxylic acids is 1. The van der Waals surface area contributed by atoms with Gasteiger partial charge in [-0.05, 0) is 25.3 Å². The van der Waals surface area contributed by atoms with Crippen LogP contribution >= 0.6 is 0 Å². The smallest absolute Gasteiger partial charge is 0.274 e. The molecule has 148 valence electrons. The molecule has 2 atom stereocenters. The summed E-state index contributed by atoms with van der Waals surface area (Å²) in [5.74, 6) is -0.0650. The van der Waals surface area contributed by atoms with Gasteiger partial charge in [-0.2, -0.15) is 5.26 Å². The van der Waals surface area contributed by atoms with Gasteiger partial charge in [-0.1, -0.05) is 18.2 Å². The Morgan fingerprint density at radius 2 is 2.11 bits per heavy atom. The zero-order valence-corrected chi connectivity index (χ0v) is 16.2. The van der Waals surface area contributed by atoms with E-state index in [4.69, 9.17) is 9.68 Å². The van der Waals surface area contributed by atoms with Crippen molar-refractivity contribution in [3.8, 4) is 6.07 Å². The standard InChI is InChI=1S/C19H22N4O4S/c20-11-16-5-3-8-23(16)18(24)13-22-9-7-15(12-22)21-28(25,26)19-10-14-4-1-2-6-17(14)27-19/h1-2,4,6,10,15-16,21H,3,5,7-9,12-13H2. The molecule has 2 aliphatic heterocycles. The molecule has 9 heteroatoms. The number of para-hydroxylation sites is 1. The summed E-state index contributed by atoms with van der Waals surface area (Å²) >= 11 is 0. The van der Waals surface area contributed by atoms with Gasteiger partial charge in [-0.15, -0.1) is 0 Å². The van der Waals surface area contributed by atoms with Crippen LogP contribution in [0.25, 0.3) is 11.0 Å². The number of fused-ring (bicyclic) bond motifs is 1. The molecule has 2 unspecified atom stereocenters. The van der Waals surface area contributed by atoms with Gasteiger partial charge in [0.1, 0.15) is 11.6 Å². The Kier molecular flexibility index (Phi) is 5.10. The minimum Gasteiger partial charge on any atom is -0.443 e. The van der Waals surface area contributed by atoms with Crippen molar-refractivity contribution in [3.05, 3.63) is 30.3 Å². The van der Waals surface area contributed by atoms with Gasteiger partial charge < -0.3 is 9.32 Å². The van der Waals surface area contributed by atoms with E-state index in [-0.39, 0.29) is 29.6 Å². The first-order valence-corrected chi connectivity index (χ1v) is 10.9. The van der Waals surface area contributed by atoms with Crippen LogP contribution in [0.4, 0.5) is 0 Å². The summed E-state index contributed by atoms with van der Waals surface area (Å²) in [5, 5.41) is 9.77. The second-order valence-corrected chi connectivity index (χ2v) is 8.96. The number of nitrogens with zero attached hydrogens (tertiary/aromatic N) is 3. The van der Waals surface area contributed by atoms with Crippen molar-refractivity contribution in [2.75, 3.05) is 26.2 Å². The quantitative estimate of drug-likeness (QED) is 0.808. The first kappa shape index (κ1) is 18.9. The lowest BCUT2D eigenvalue weighted by Crippen LogP contribution is -2.43. The second-order valence-electron chi connectivity index (χ2n) is 7.32. The van der Waals surface area contributed by atoms with E-state index < -0.39 is 10.0 Å². The lowest BCUT2D eigenvalue weighted by molar-refractivity contribution is -0.132. The zero-order valence-electron chi connectivity index (χ0n) is 15.4. The van der Waals surface area contributed by atoms with E-state index in [0.717, 1.165) is 18.2 Å². The van der Waals surface area contributed by atoms with Crippen molar-refractivity contribution in [2.24, 2.45) is 0 Å². The number of hydrogen-bond acceptors (Lipinski definition) is 6. The van der Waals surface area contributed by atoms with Crippen molar-refractivity contribution in [1.82, 2.24) is 14.5 Å². The average Bonchev–Trinajstić information content (AvgIpc) is 3.40. The Hall–Kier alpha value is -2.41. The van der Waals surface area contributed by atoms with E-state index in [1.165, 1.54) is 6.07 Å². The number of likely N-dealkylation sites (tertiary alicyclic amines) is 2. The Labute approximate surface area is 163 Å². The van der Waals surface area contributed by atoms with Crippen LogP contribution in [-0.4, -0.2) is 62.4 Å². The molecule has 0 saturated carbocycles. The van der Waals surface area contributed by atoms with Crippen LogP contribution in [0.15, 0.2) is 39.8 Å². The first-order chi connectivity index (χ1) is 13.5. The maximum Gasteiger partial charge on any atom is 0.274 e. The summed E-state index contributed by atoms with van der Waals surface area (Å²) in [6.07, 6.45) is 2.19. The summed E-state index contributed by atoms with van der Waals surface area (Å²) < 4.78 is 33.4. The fourth-order valence-electron chi connectivity index (χ4n) is 3.92. The highest BCUT2D eigenvalue weighted by Crippen LogP contribution is 2.23. The summed E-state index contributed by atoms with van der Waals surface area (Å²) in [6, 6.07) is 10.2. The van der Waals surface area contributed by atoms with Crippen LogP contribution < -0.4 is 4.72 Å². The van der Waals surface area contributed by atoms with E-state index >= 15 is 0 Å². The summed E-state index contributed by atoms with van der Waals surface area (Å²) in [5.41, 5.74) is 0.527. The Bertz CT molecular complexity index is 993. The monoisotopic (exact) mass is 402 g/mol. The molecule has 1 amide bonds. The molecule has 28 heavy (non-hydrogen) atoms. The number of amides is 1. The molecule has 0 radical (unpaired) electrons. The second kappa shape index (κ2) is 7.54. The van der Waals surface area contributed by atoms with Gasteiger partial charge >= 0.3 is 0 Å². The van der Waals surface area contributed by atoms with Crippen molar-refractivity contribution < 1.29 is 17.6 Å². The molecular formula is C19H22N4O4S. The van der Waals surface area contributed by atoms with E-state index in [1.54, 1.807) is 23.1 Å². The lowest BCUT2D eigenvalue weighted by Gasteiger charge is -2.23. The molecule has 0 spiro atoms. The van der Waals surface area contributed by atoms with E-state index in [9.17, 15) is 13.2 Å². The Balaban J connectivity index is 1.36. The van der Waals surface area contributed by atoms with Crippen molar-refractivity contribution in [2.45, 2.75) is 36.4 Å². The van der Waals surface area contributed by atoms with Crippen LogP contribution in [0.2, 0.25) is 0 Å². The highest BCUT2D eigenvalue weighted by molar-refractivity contribution is 7.89. The summed E-state index contributed by atoms with van der Waals surface area (Å²) in [4.78, 5) is 16.0. The zero-order chi connectivity index (χ0) is 19.7. The van der Waals surface area contributed by atoms with Gasteiger partial charge in [0, 0.05) is 37.1 Å². The number of furan rings is 1. The van der Waals surface area contributed by atoms with Crippen LogP contribution in [0, 0.1) is 11.3 Å². The van der Waals surface area contributed by atoms with Gasteiger partial charge in [0.2, 0.25) is 11.0 Å². The predicted molar refractivity (Wildman–Crippen MR) is 102 cm³/mol. The van der Waals surface area contributed by atoms with Crippen LogP contribution in [0.1, 0.15) is 19.3 Å². The third kappa shape index (κ3) is 3.76. The topological polar surface area (TPSA) is 107 Å². The van der Waals surface area contributed by atoms with Gasteiger partial charge in [-0.3, -0.25) is 9.69 Å². The van der Waals surface area contributed by atoms with E-state index in [1.807, 2.05) is 11.0 Å². The molecule has 2 fully saturated rings. The Morgan fingerprint density at radius 3 is 2.89 bits per heavy atom. The number of nitriles is 1. The normalized spacial score (nSPS) is 23.3. The van der Waals surface area contributed by atoms with Crippen molar-refractivity contribution in [1.29, 1.82) is 5.26 Å². The van der Waals surface area contributed by atoms with Gasteiger partial charge in [0.25, 0.3) is 10.0 Å². The number of nitrogens with one attached hydrogen (secondary N) is 1. The van der Waals surface area contributed by atoms with Gasteiger partial charge in [0.05, 0.1) is 12.6 Å². The molecule has 0 bridgehead atoms. The summed E-state index contributed by atoms with van der Waals surface area (Å²) in [7, 11) is -3.77. The molecule has 0 aliphatic carbocycles. The number of hydrogen-bond donors (Lipinski definition) is 1. The van der Waals surface area contributed by atoms with Crippen LogP contribution in [0.3, 0.4) is 0 Å². The molecule has 1 N–H and O–H groups in total. The molecule has 2 aliphatic rings. The minimum absolute atomic E-state index is 0.0650. The largest absolute Gasteiger partial charge is 0.443 e. The third-order valence-corrected chi connectivity index (χ3v) is 6.72. The number of sulfonamides is 1. The summed E-state index contributed by atoms with van der Waals surface area (Å²) in [6.45, 7) is 1.91. The van der Waals surface area contributed by atoms with Crippen LogP contribution in [-0.2, 0) is 14.8 Å².